The zero-order valence-corrected chi connectivity index (χ0v) is 10.1. The summed E-state index contributed by atoms with van der Waals surface area (Å²) in [6.07, 6.45) is 5.48. The van der Waals surface area contributed by atoms with Gasteiger partial charge in [-0.15, -0.1) is 0 Å². The molecule has 1 aliphatic rings. The summed E-state index contributed by atoms with van der Waals surface area (Å²) in [5, 5.41) is 4.07. The molecular formula is C13H15N3O. The average molecular weight is 229 g/mol. The Kier molecular flexibility index (Phi) is 2.42. The molecule has 4 heteroatoms. The first-order chi connectivity index (χ1) is 8.24. The highest BCUT2D eigenvalue weighted by Crippen LogP contribution is 2.36. The van der Waals surface area contributed by atoms with Gasteiger partial charge >= 0.3 is 0 Å². The van der Waals surface area contributed by atoms with Crippen molar-refractivity contribution in [3.8, 4) is 11.5 Å². The number of aromatic nitrogens is 3. The van der Waals surface area contributed by atoms with E-state index in [2.05, 4.69) is 15.1 Å². The second-order valence-electron chi connectivity index (χ2n) is 4.71. The fraction of sp³-hybridized carbons (Fsp3) is 0.462. The first-order valence-corrected chi connectivity index (χ1v) is 5.99. The van der Waals surface area contributed by atoms with Crippen molar-refractivity contribution in [2.75, 3.05) is 0 Å². The highest BCUT2D eigenvalue weighted by molar-refractivity contribution is 5.57. The first kappa shape index (κ1) is 10.4. The molecule has 0 atom stereocenters. The molecule has 17 heavy (non-hydrogen) atoms. The standard InChI is InChI=1S/C13H15N3O/c1-8-11(7-10-3-4-10)13(17-16-8)12-5-6-14-9(2)15-12/h5-6,10H,3-4,7H2,1-2H3. The summed E-state index contributed by atoms with van der Waals surface area (Å²) in [7, 11) is 0. The van der Waals surface area contributed by atoms with Gasteiger partial charge in [0.05, 0.1) is 5.69 Å². The molecule has 2 aromatic heterocycles. The van der Waals surface area contributed by atoms with Crippen LogP contribution in [0.25, 0.3) is 11.5 Å². The van der Waals surface area contributed by atoms with E-state index in [1.54, 1.807) is 6.20 Å². The number of rotatable bonds is 3. The fourth-order valence-corrected chi connectivity index (χ4v) is 2.02. The lowest BCUT2D eigenvalue weighted by Crippen LogP contribution is -1.94. The molecule has 1 fully saturated rings. The number of aryl methyl sites for hydroxylation is 2. The largest absolute Gasteiger partial charge is 0.354 e. The second-order valence-corrected chi connectivity index (χ2v) is 4.71. The maximum absolute atomic E-state index is 5.42. The third-order valence-electron chi connectivity index (χ3n) is 3.18. The van der Waals surface area contributed by atoms with Crippen LogP contribution in [0, 0.1) is 19.8 Å². The molecule has 2 heterocycles. The van der Waals surface area contributed by atoms with Gasteiger partial charge in [0.25, 0.3) is 0 Å². The van der Waals surface area contributed by atoms with E-state index in [0.717, 1.165) is 35.3 Å². The van der Waals surface area contributed by atoms with Gasteiger partial charge < -0.3 is 4.52 Å². The Balaban J connectivity index is 2.01. The fourth-order valence-electron chi connectivity index (χ4n) is 2.02. The zero-order valence-electron chi connectivity index (χ0n) is 10.1. The maximum Gasteiger partial charge on any atom is 0.188 e. The smallest absolute Gasteiger partial charge is 0.188 e. The van der Waals surface area contributed by atoms with Gasteiger partial charge in [-0.2, -0.15) is 0 Å². The van der Waals surface area contributed by atoms with Gasteiger partial charge in [-0.25, -0.2) is 9.97 Å². The highest BCUT2D eigenvalue weighted by atomic mass is 16.5. The van der Waals surface area contributed by atoms with Crippen LogP contribution in [0.4, 0.5) is 0 Å². The van der Waals surface area contributed by atoms with Crippen molar-refractivity contribution in [1.29, 1.82) is 0 Å². The van der Waals surface area contributed by atoms with E-state index in [4.69, 9.17) is 4.52 Å². The molecule has 1 saturated carbocycles. The third-order valence-corrected chi connectivity index (χ3v) is 3.18. The van der Waals surface area contributed by atoms with E-state index in [1.165, 1.54) is 18.4 Å². The molecule has 0 amide bonds. The summed E-state index contributed by atoms with van der Waals surface area (Å²) >= 11 is 0. The predicted molar refractivity (Wildman–Crippen MR) is 63.4 cm³/mol. The molecule has 0 aliphatic heterocycles. The monoisotopic (exact) mass is 229 g/mol. The minimum atomic E-state index is 0.758. The summed E-state index contributed by atoms with van der Waals surface area (Å²) in [5.74, 6) is 2.39. The number of hydrogen-bond acceptors (Lipinski definition) is 4. The molecule has 2 aromatic rings. The van der Waals surface area contributed by atoms with Crippen LogP contribution < -0.4 is 0 Å². The molecule has 0 N–H and O–H groups in total. The van der Waals surface area contributed by atoms with Gasteiger partial charge in [0.1, 0.15) is 11.5 Å². The Morgan fingerprint density at radius 2 is 2.18 bits per heavy atom. The van der Waals surface area contributed by atoms with Crippen LogP contribution in [0.2, 0.25) is 0 Å². The SMILES string of the molecule is Cc1nccc(-c2onc(C)c2CC2CC2)n1. The molecule has 0 unspecified atom stereocenters. The van der Waals surface area contributed by atoms with Crippen LogP contribution in [-0.2, 0) is 6.42 Å². The van der Waals surface area contributed by atoms with Gasteiger partial charge in [-0.3, -0.25) is 0 Å². The van der Waals surface area contributed by atoms with E-state index in [9.17, 15) is 0 Å². The molecule has 0 spiro atoms. The van der Waals surface area contributed by atoms with E-state index >= 15 is 0 Å². The van der Waals surface area contributed by atoms with Crippen molar-refractivity contribution >= 4 is 0 Å². The van der Waals surface area contributed by atoms with Crippen LogP contribution in [0.5, 0.6) is 0 Å². The Hall–Kier alpha value is -1.71. The molecule has 3 rings (SSSR count). The normalized spacial score (nSPS) is 15.2. The molecule has 1 aliphatic carbocycles. The number of hydrogen-bond donors (Lipinski definition) is 0. The van der Waals surface area contributed by atoms with Gasteiger partial charge in [-0.05, 0) is 45.1 Å². The molecule has 4 nitrogen and oxygen atoms in total. The maximum atomic E-state index is 5.42. The minimum Gasteiger partial charge on any atom is -0.354 e. The van der Waals surface area contributed by atoms with Crippen LogP contribution in [-0.4, -0.2) is 15.1 Å². The molecule has 0 saturated heterocycles. The first-order valence-electron chi connectivity index (χ1n) is 5.99. The Bertz CT molecular complexity index is 543. The molecule has 88 valence electrons. The number of nitrogens with zero attached hydrogens (tertiary/aromatic N) is 3. The van der Waals surface area contributed by atoms with Crippen molar-refractivity contribution in [2.24, 2.45) is 5.92 Å². The van der Waals surface area contributed by atoms with Crippen molar-refractivity contribution in [2.45, 2.75) is 33.1 Å². The van der Waals surface area contributed by atoms with Crippen LogP contribution in [0.15, 0.2) is 16.8 Å². The summed E-state index contributed by atoms with van der Waals surface area (Å²) in [6.45, 7) is 3.88. The zero-order chi connectivity index (χ0) is 11.8. The molecule has 0 radical (unpaired) electrons. The van der Waals surface area contributed by atoms with Gasteiger partial charge in [-0.1, -0.05) is 5.16 Å². The van der Waals surface area contributed by atoms with E-state index in [0.29, 0.717) is 0 Å². The Morgan fingerprint density at radius 1 is 1.35 bits per heavy atom. The second kappa shape index (κ2) is 3.95. The van der Waals surface area contributed by atoms with Crippen LogP contribution in [0.3, 0.4) is 0 Å². The lowest BCUT2D eigenvalue weighted by atomic mass is 10.1. The third kappa shape index (κ3) is 2.07. The van der Waals surface area contributed by atoms with Gasteiger partial charge in [0, 0.05) is 11.8 Å². The topological polar surface area (TPSA) is 51.8 Å². The molecule has 0 aromatic carbocycles. The van der Waals surface area contributed by atoms with E-state index in [-0.39, 0.29) is 0 Å². The van der Waals surface area contributed by atoms with Gasteiger partial charge in [0.2, 0.25) is 0 Å². The Labute approximate surface area is 100 Å². The lowest BCUT2D eigenvalue weighted by molar-refractivity contribution is 0.425. The highest BCUT2D eigenvalue weighted by Gasteiger charge is 2.26. The van der Waals surface area contributed by atoms with Crippen molar-refractivity contribution in [3.05, 3.63) is 29.3 Å². The van der Waals surface area contributed by atoms with E-state index in [1.807, 2.05) is 19.9 Å². The van der Waals surface area contributed by atoms with Crippen molar-refractivity contribution in [3.63, 3.8) is 0 Å². The van der Waals surface area contributed by atoms with Gasteiger partial charge in [0.15, 0.2) is 5.76 Å². The summed E-state index contributed by atoms with van der Waals surface area (Å²) in [5.41, 5.74) is 3.04. The lowest BCUT2D eigenvalue weighted by Gasteiger charge is -2.01. The summed E-state index contributed by atoms with van der Waals surface area (Å²) in [4.78, 5) is 8.50. The summed E-state index contributed by atoms with van der Waals surface area (Å²) in [6, 6.07) is 1.88. The minimum absolute atomic E-state index is 0.758. The molecular weight excluding hydrogens is 214 g/mol. The summed E-state index contributed by atoms with van der Waals surface area (Å²) < 4.78 is 5.42. The van der Waals surface area contributed by atoms with Crippen LogP contribution >= 0.6 is 0 Å². The quantitative estimate of drug-likeness (QED) is 0.812. The Morgan fingerprint density at radius 3 is 2.88 bits per heavy atom. The predicted octanol–water partition coefficient (Wildman–Crippen LogP) is 2.70. The van der Waals surface area contributed by atoms with E-state index < -0.39 is 0 Å². The molecule has 0 bridgehead atoms. The van der Waals surface area contributed by atoms with Crippen LogP contribution in [0.1, 0.15) is 29.9 Å². The average Bonchev–Trinajstić information content (AvgIpc) is 3.04. The van der Waals surface area contributed by atoms with Crippen molar-refractivity contribution in [1.82, 2.24) is 15.1 Å². The van der Waals surface area contributed by atoms with Crippen molar-refractivity contribution < 1.29 is 4.52 Å².